The number of halogens is 2. The van der Waals surface area contributed by atoms with Gasteiger partial charge in [-0.15, -0.1) is 0 Å². The molecule has 3 heterocycles. The van der Waals surface area contributed by atoms with E-state index in [1.165, 1.54) is 0 Å². The van der Waals surface area contributed by atoms with Crippen LogP contribution < -0.4 is 5.32 Å². The van der Waals surface area contributed by atoms with Gasteiger partial charge in [0.15, 0.2) is 5.65 Å². The first-order valence-corrected chi connectivity index (χ1v) is 9.32. The van der Waals surface area contributed by atoms with Gasteiger partial charge in [0.25, 0.3) is 0 Å². The van der Waals surface area contributed by atoms with E-state index in [-0.39, 0.29) is 11.2 Å². The fraction of sp³-hybridized carbons (Fsp3) is 0.294. The molecule has 1 aliphatic rings. The summed E-state index contributed by atoms with van der Waals surface area (Å²) in [5.41, 5.74) is 2.64. The maximum Gasteiger partial charge on any atom is 0.238 e. The van der Waals surface area contributed by atoms with Gasteiger partial charge in [0.05, 0.1) is 24.2 Å². The smallest absolute Gasteiger partial charge is 0.238 e. The minimum Gasteiger partial charge on any atom is -0.380 e. The van der Waals surface area contributed by atoms with Crippen LogP contribution in [0.2, 0.25) is 5.28 Å². The molecule has 4 rings (SSSR count). The lowest BCUT2D eigenvalue weighted by molar-refractivity contribution is -0.116. The lowest BCUT2D eigenvalue weighted by atomic mass is 9.95. The molecular weight excluding hydrogens is 422 g/mol. The Bertz CT molecular complexity index is 1010. The summed E-state index contributed by atoms with van der Waals surface area (Å²) in [5, 5.41) is 8.11. The molecule has 0 aliphatic carbocycles. The first kappa shape index (κ1) is 17.4. The van der Waals surface area contributed by atoms with Crippen molar-refractivity contribution < 1.29 is 9.53 Å². The predicted octanol–water partition coefficient (Wildman–Crippen LogP) is 3.36. The van der Waals surface area contributed by atoms with Crippen molar-refractivity contribution in [3.8, 4) is 0 Å². The Kier molecular flexibility index (Phi) is 4.64. The van der Waals surface area contributed by atoms with Crippen molar-refractivity contribution >= 4 is 50.2 Å². The predicted molar refractivity (Wildman–Crippen MR) is 101 cm³/mol. The maximum atomic E-state index is 12.6. The zero-order valence-corrected chi connectivity index (χ0v) is 16.2. The van der Waals surface area contributed by atoms with E-state index in [4.69, 9.17) is 16.3 Å². The number of carbonyl (C=O) groups is 1. The highest BCUT2D eigenvalue weighted by molar-refractivity contribution is 9.10. The van der Waals surface area contributed by atoms with Gasteiger partial charge < -0.3 is 10.1 Å². The van der Waals surface area contributed by atoms with Gasteiger partial charge in [0, 0.05) is 23.0 Å². The Morgan fingerprint density at radius 3 is 3.04 bits per heavy atom. The molecule has 1 amide bonds. The number of hydrogen-bond acceptors (Lipinski definition) is 5. The number of carbonyl (C=O) groups excluding carboxylic acids is 1. The average Bonchev–Trinajstić information content (AvgIpc) is 3.14. The molecule has 0 radical (unpaired) electrons. The fourth-order valence-electron chi connectivity index (χ4n) is 3.09. The molecule has 134 valence electrons. The molecule has 1 atom stereocenters. The molecule has 26 heavy (non-hydrogen) atoms. The number of aromatic nitrogens is 4. The first-order chi connectivity index (χ1) is 12.6. The van der Waals surface area contributed by atoms with Gasteiger partial charge in [0.2, 0.25) is 11.2 Å². The SMILES string of the molecule is CCOCCn1cc2c(C3C(=O)Nc4ccc(Br)cc43)nc(Cl)nc2n1. The third-order valence-corrected chi connectivity index (χ3v) is 4.88. The van der Waals surface area contributed by atoms with Crippen molar-refractivity contribution in [1.29, 1.82) is 0 Å². The molecule has 7 nitrogen and oxygen atoms in total. The third kappa shape index (κ3) is 3.08. The molecule has 0 fully saturated rings. The highest BCUT2D eigenvalue weighted by atomic mass is 79.9. The minimum absolute atomic E-state index is 0.0683. The number of benzene rings is 1. The lowest BCUT2D eigenvalue weighted by Crippen LogP contribution is -2.15. The van der Waals surface area contributed by atoms with Gasteiger partial charge in [-0.1, -0.05) is 15.9 Å². The van der Waals surface area contributed by atoms with Crippen LogP contribution in [0.5, 0.6) is 0 Å². The van der Waals surface area contributed by atoms with Crippen LogP contribution in [0.3, 0.4) is 0 Å². The largest absolute Gasteiger partial charge is 0.380 e. The van der Waals surface area contributed by atoms with Crippen LogP contribution in [0.15, 0.2) is 28.9 Å². The molecule has 0 saturated heterocycles. The summed E-state index contributed by atoms with van der Waals surface area (Å²) < 4.78 is 8.00. The first-order valence-electron chi connectivity index (χ1n) is 8.15. The van der Waals surface area contributed by atoms with Crippen LogP contribution in [-0.2, 0) is 16.1 Å². The standard InChI is InChI=1S/C17H15BrClN5O2/c1-2-26-6-5-24-8-11-14(21-17(19)22-15(11)23-24)13-10-7-9(18)3-4-12(10)20-16(13)25/h3-4,7-8,13H,2,5-6H2,1H3,(H,20,25). The van der Waals surface area contributed by atoms with Gasteiger partial charge >= 0.3 is 0 Å². The van der Waals surface area contributed by atoms with Gasteiger partial charge in [-0.2, -0.15) is 10.1 Å². The molecule has 2 aromatic heterocycles. The van der Waals surface area contributed by atoms with E-state index in [9.17, 15) is 4.79 Å². The lowest BCUT2D eigenvalue weighted by Gasteiger charge is -2.09. The highest BCUT2D eigenvalue weighted by Crippen LogP contribution is 2.40. The number of amides is 1. The quantitative estimate of drug-likeness (QED) is 0.490. The summed E-state index contributed by atoms with van der Waals surface area (Å²) in [6, 6.07) is 5.66. The van der Waals surface area contributed by atoms with Crippen molar-refractivity contribution in [2.75, 3.05) is 18.5 Å². The van der Waals surface area contributed by atoms with E-state index in [2.05, 4.69) is 36.3 Å². The van der Waals surface area contributed by atoms with Crippen LogP contribution in [0.1, 0.15) is 24.1 Å². The summed E-state index contributed by atoms with van der Waals surface area (Å²) in [5.74, 6) is -0.703. The van der Waals surface area contributed by atoms with Crippen molar-refractivity contribution in [2.45, 2.75) is 19.4 Å². The molecule has 0 bridgehead atoms. The van der Waals surface area contributed by atoms with Crippen LogP contribution in [0.4, 0.5) is 5.69 Å². The number of nitrogens with one attached hydrogen (secondary N) is 1. The summed E-state index contributed by atoms with van der Waals surface area (Å²) in [4.78, 5) is 21.2. The third-order valence-electron chi connectivity index (χ3n) is 4.22. The Labute approximate surface area is 162 Å². The molecule has 3 aromatic rings. The second-order valence-corrected chi connectivity index (χ2v) is 7.11. The number of rotatable bonds is 5. The van der Waals surface area contributed by atoms with E-state index in [1.54, 1.807) is 4.68 Å². The van der Waals surface area contributed by atoms with E-state index >= 15 is 0 Å². The summed E-state index contributed by atoms with van der Waals surface area (Å²) >= 11 is 9.57. The van der Waals surface area contributed by atoms with E-state index in [0.717, 1.165) is 15.7 Å². The fourth-order valence-corrected chi connectivity index (χ4v) is 3.64. The Morgan fingerprint density at radius 2 is 2.23 bits per heavy atom. The maximum absolute atomic E-state index is 12.6. The van der Waals surface area contributed by atoms with E-state index in [1.807, 2.05) is 31.3 Å². The van der Waals surface area contributed by atoms with Crippen molar-refractivity contribution in [3.63, 3.8) is 0 Å². The molecular formula is C17H15BrClN5O2. The average molecular weight is 437 g/mol. The Balaban J connectivity index is 1.81. The van der Waals surface area contributed by atoms with Crippen molar-refractivity contribution in [3.05, 3.63) is 45.4 Å². The Morgan fingerprint density at radius 1 is 1.38 bits per heavy atom. The number of fused-ring (bicyclic) bond motifs is 2. The zero-order valence-electron chi connectivity index (χ0n) is 13.9. The monoisotopic (exact) mass is 435 g/mol. The summed E-state index contributed by atoms with van der Waals surface area (Å²) in [7, 11) is 0. The molecule has 0 spiro atoms. The molecule has 0 saturated carbocycles. The van der Waals surface area contributed by atoms with Crippen molar-refractivity contribution in [2.24, 2.45) is 0 Å². The second-order valence-electron chi connectivity index (χ2n) is 5.86. The minimum atomic E-state index is -0.560. The normalized spacial score (nSPS) is 16.1. The van der Waals surface area contributed by atoms with Crippen LogP contribution in [0.25, 0.3) is 11.0 Å². The highest BCUT2D eigenvalue weighted by Gasteiger charge is 2.35. The second kappa shape index (κ2) is 6.94. The number of ether oxygens (including phenoxy) is 1. The molecule has 1 N–H and O–H groups in total. The molecule has 9 heteroatoms. The molecule has 1 aromatic carbocycles. The van der Waals surface area contributed by atoms with Crippen LogP contribution in [0, 0.1) is 0 Å². The molecule has 1 unspecified atom stereocenters. The Hall–Kier alpha value is -2.03. The van der Waals surface area contributed by atoms with Gasteiger partial charge in [0.1, 0.15) is 5.92 Å². The van der Waals surface area contributed by atoms with Crippen LogP contribution in [-0.4, -0.2) is 38.9 Å². The van der Waals surface area contributed by atoms with Gasteiger partial charge in [-0.05, 0) is 42.3 Å². The van der Waals surface area contributed by atoms with Crippen LogP contribution >= 0.6 is 27.5 Å². The van der Waals surface area contributed by atoms with E-state index < -0.39 is 5.92 Å². The van der Waals surface area contributed by atoms with Crippen molar-refractivity contribution in [1.82, 2.24) is 19.7 Å². The summed E-state index contributed by atoms with van der Waals surface area (Å²) in [6.07, 6.45) is 1.84. The molecule has 1 aliphatic heterocycles. The van der Waals surface area contributed by atoms with Gasteiger partial charge in [-0.25, -0.2) is 4.98 Å². The van der Waals surface area contributed by atoms with Gasteiger partial charge in [-0.3, -0.25) is 9.48 Å². The van der Waals surface area contributed by atoms with E-state index in [0.29, 0.717) is 36.5 Å². The number of hydrogen-bond donors (Lipinski definition) is 1. The topological polar surface area (TPSA) is 81.9 Å². The number of nitrogens with zero attached hydrogens (tertiary/aromatic N) is 4. The number of anilines is 1. The zero-order chi connectivity index (χ0) is 18.3. The summed E-state index contributed by atoms with van der Waals surface area (Å²) in [6.45, 7) is 3.71.